The van der Waals surface area contributed by atoms with Crippen LogP contribution < -0.4 is 52.2 Å². The third kappa shape index (κ3) is 10.4. The summed E-state index contributed by atoms with van der Waals surface area (Å²) in [5.74, 6) is 1.34. The van der Waals surface area contributed by atoms with Crippen LogP contribution in [0.25, 0.3) is 105 Å². The average Bonchev–Trinajstić information content (AvgIpc) is 1.32. The molecule has 0 unspecified atom stereocenters. The van der Waals surface area contributed by atoms with Gasteiger partial charge in [-0.25, -0.2) is 0 Å². The van der Waals surface area contributed by atoms with E-state index in [0.29, 0.717) is 22.9 Å². The number of hydrogen-bond donors (Lipinski definition) is 0. The van der Waals surface area contributed by atoms with Crippen molar-refractivity contribution in [3.8, 4) is 95.1 Å². The topological polar surface area (TPSA) is 23.9 Å². The van der Waals surface area contributed by atoms with Crippen molar-refractivity contribution in [1.29, 1.82) is 0 Å². The second kappa shape index (κ2) is 27.0. The Morgan fingerprint density at radius 3 is 1.18 bits per heavy atom. The fourth-order valence-electron chi connectivity index (χ4n) is 21.8. The van der Waals surface area contributed by atoms with Crippen LogP contribution >= 0.6 is 0 Å². The van der Waals surface area contributed by atoms with Crippen molar-refractivity contribution in [3.05, 3.63) is 434 Å². The quantitative estimate of drug-likeness (QED) is 0.134. The van der Waals surface area contributed by atoms with Crippen molar-refractivity contribution in [3.63, 3.8) is 0 Å². The molecule has 0 N–H and O–H groups in total. The molecule has 1 spiro atoms. The van der Waals surface area contributed by atoms with Crippen LogP contribution in [0, 0.1) is 0 Å². The fourth-order valence-corrected chi connectivity index (χ4v) is 21.8. The zero-order valence-corrected chi connectivity index (χ0v) is 69.3. The normalized spacial score (nSPS) is 14.7. The van der Waals surface area contributed by atoms with Gasteiger partial charge in [0.1, 0.15) is 11.5 Å². The molecular weight excluding hydrogens is 1500 g/mol. The van der Waals surface area contributed by atoms with Crippen molar-refractivity contribution < 1.29 is 15.7 Å². The van der Waals surface area contributed by atoms with Gasteiger partial charge in [-0.1, -0.05) is 351 Å². The Kier molecular flexibility index (Phi) is 14.0. The van der Waals surface area contributed by atoms with Crippen LogP contribution in [0.4, 0.5) is 51.2 Å². The van der Waals surface area contributed by atoms with E-state index in [1.165, 1.54) is 50.1 Å². The molecule has 0 fully saturated rings. The Morgan fingerprint density at radius 1 is 0.282 bits per heavy atom. The zero-order chi connectivity index (χ0) is 89.6. The second-order valence-electron chi connectivity index (χ2n) is 35.9. The average molecular weight is 1590 g/mol. The van der Waals surface area contributed by atoms with E-state index >= 15 is 0 Å². The number of anilines is 9. The maximum atomic E-state index is 10.1. The van der Waals surface area contributed by atoms with Gasteiger partial charge >= 0.3 is 0 Å². The minimum atomic E-state index is -0.735. The summed E-state index contributed by atoms with van der Waals surface area (Å²) in [7, 11) is 0. The molecule has 7 heteroatoms. The Labute approximate surface area is 736 Å². The lowest BCUT2D eigenvalue weighted by Crippen LogP contribution is -2.64. The van der Waals surface area contributed by atoms with E-state index < -0.39 is 67.2 Å². The third-order valence-electron chi connectivity index (χ3n) is 27.1. The van der Waals surface area contributed by atoms with Crippen LogP contribution in [-0.4, -0.2) is 18.0 Å². The summed E-state index contributed by atoms with van der Waals surface area (Å²) in [6.07, 6.45) is 0. The molecule has 2 aliphatic carbocycles. The summed E-state index contributed by atoms with van der Waals surface area (Å²) in [4.78, 5) is 7.34. The third-order valence-corrected chi connectivity index (χ3v) is 27.1. The molecule has 18 aromatic carbocycles. The van der Waals surface area contributed by atoms with E-state index in [4.69, 9.17) is 4.74 Å². The summed E-state index contributed by atoms with van der Waals surface area (Å²) in [5.41, 5.74) is 35.1. The second-order valence-corrected chi connectivity index (χ2v) is 35.9. The van der Waals surface area contributed by atoms with E-state index in [1.807, 2.05) is 18.2 Å². The van der Waals surface area contributed by atoms with Gasteiger partial charge in [0.15, 0.2) is 0 Å². The van der Waals surface area contributed by atoms with Gasteiger partial charge in [-0.2, -0.15) is 0 Å². The predicted molar refractivity (Wildman–Crippen MR) is 522 cm³/mol. The van der Waals surface area contributed by atoms with E-state index in [-0.39, 0.29) is 32.6 Å². The SMILES string of the molecule is [2H]c1c([2H])c([2H])c2c(c1[2H])c1c([2H])c([2H])c([2H])c([2H])c1n2-c1cc2c3c(c1)N(c1c(-c4ccccc4)cc(C(C)(C)C)cc1-c1ccccc1)c1cc4c(cc1B3c1ccccc1N2c1ccccc1)B1c2ccccc2N(c2c(-c3ccccc3)cc(C(C)(C)C)cc2-c2ccccc2)c2cc(-c3cccc5c3C3(c6ccccc6-c6ccccc63)c3ccccc3-5)cc(c21)O4. The molecule has 0 radical (unpaired) electrons. The molecule has 0 atom stereocenters. The highest BCUT2D eigenvalue weighted by Gasteiger charge is 2.54. The van der Waals surface area contributed by atoms with Crippen LogP contribution in [0.15, 0.2) is 400 Å². The molecule has 1 aromatic heterocycles. The smallest absolute Gasteiger partial charge is 0.256 e. The van der Waals surface area contributed by atoms with E-state index in [2.05, 4.69) is 390 Å². The largest absolute Gasteiger partial charge is 0.458 e. The van der Waals surface area contributed by atoms with Gasteiger partial charge in [0, 0.05) is 78.9 Å². The Balaban J connectivity index is 0.838. The van der Waals surface area contributed by atoms with Crippen molar-refractivity contribution in [2.24, 2.45) is 0 Å². The molecule has 0 bridgehead atoms. The van der Waals surface area contributed by atoms with Crippen LogP contribution in [0.1, 0.15) is 85.9 Å². The predicted octanol–water partition coefficient (Wildman–Crippen LogP) is 26.5. The standard InChI is InChI=1S/C117H84B2N4O/c1-115(2,3)78-65-89(73-37-12-7-13-38-73)113(90(66-78)74-39-14-8-15-40-74)122-103-62-35-31-58-97(103)119-99-71-98-104(72-108(99)124-109-64-77(63-105(122)112(109)119)82-52-36-53-88-85-49-24-29-56-95(85)117(110(82)88)93-54-27-22-47-83(93)84-48-23-28-55-94(84)117)123(114-91(75-41-16-9-17-42-75)67-79(116(4,5)6)68-92(114)76-43-18-10-19-44-76)107-70-81(121-100-59-32-25-50-86(100)87-51-26-33-60-101(87)121)69-106-111(107)118(98)96-57-30-34-61-102(96)120(106)80-45-20-11-21-46-80/h7-72H,1-6H3/i25D,26D,32D,33D,50D,51D,59D,60D. The summed E-state index contributed by atoms with van der Waals surface area (Å²) in [6, 6.07) is 125. The number of ether oxygens (including phenoxy) is 1. The number of hydrogen-bond acceptors (Lipinski definition) is 4. The molecule has 4 aliphatic heterocycles. The van der Waals surface area contributed by atoms with Crippen LogP contribution in [0.5, 0.6) is 11.5 Å². The molecule has 0 amide bonds. The number of nitrogens with zero attached hydrogens (tertiary/aromatic N) is 4. The molecule has 25 rings (SSSR count). The van der Waals surface area contributed by atoms with Gasteiger partial charge in [0.05, 0.1) is 44.5 Å². The number of fused-ring (bicyclic) bond motifs is 21. The first-order chi connectivity index (χ1) is 64.1. The van der Waals surface area contributed by atoms with Crippen molar-refractivity contribution in [1.82, 2.24) is 4.57 Å². The van der Waals surface area contributed by atoms with E-state index in [1.54, 1.807) is 4.57 Å². The highest BCUT2D eigenvalue weighted by atomic mass is 16.5. The highest BCUT2D eigenvalue weighted by Crippen LogP contribution is 2.66. The fraction of sp³-hybridized carbons (Fsp3) is 0.0769. The molecule has 19 aromatic rings. The summed E-state index contributed by atoms with van der Waals surface area (Å²) in [5, 5.41) is -0.0275. The molecular formula is C117H84B2N4O. The number of rotatable bonds is 9. The van der Waals surface area contributed by atoms with Crippen LogP contribution in [-0.2, 0) is 16.2 Å². The first-order valence-electron chi connectivity index (χ1n) is 47.0. The molecule has 5 heterocycles. The molecule has 5 nitrogen and oxygen atoms in total. The van der Waals surface area contributed by atoms with Crippen molar-refractivity contribution in [2.45, 2.75) is 57.8 Å². The van der Waals surface area contributed by atoms with Crippen LogP contribution in [0.3, 0.4) is 0 Å². The molecule has 0 saturated carbocycles. The van der Waals surface area contributed by atoms with Gasteiger partial charge in [0.25, 0.3) is 13.4 Å². The lowest BCUT2D eigenvalue weighted by molar-refractivity contribution is 0.488. The monoisotopic (exact) mass is 1590 g/mol. The van der Waals surface area contributed by atoms with Crippen LogP contribution in [0.2, 0.25) is 0 Å². The zero-order valence-electron chi connectivity index (χ0n) is 77.3. The lowest BCUT2D eigenvalue weighted by Gasteiger charge is -2.46. The lowest BCUT2D eigenvalue weighted by atomic mass is 9.30. The Bertz CT molecular complexity index is 7950. The summed E-state index contributed by atoms with van der Waals surface area (Å²) >= 11 is 0. The van der Waals surface area contributed by atoms with Crippen molar-refractivity contribution >= 4 is 119 Å². The minimum Gasteiger partial charge on any atom is -0.458 e. The highest BCUT2D eigenvalue weighted by molar-refractivity contribution is 7.02. The number of benzene rings is 18. The minimum absolute atomic E-state index is 0.0138. The van der Waals surface area contributed by atoms with Gasteiger partial charge in [0.2, 0.25) is 0 Å². The molecule has 0 saturated heterocycles. The molecule has 124 heavy (non-hydrogen) atoms. The van der Waals surface area contributed by atoms with E-state index in [9.17, 15) is 11.0 Å². The Hall–Kier alpha value is -14.9. The van der Waals surface area contributed by atoms with E-state index in [0.717, 1.165) is 139 Å². The van der Waals surface area contributed by atoms with Gasteiger partial charge in [-0.05, 0) is 218 Å². The maximum Gasteiger partial charge on any atom is 0.256 e. The summed E-state index contributed by atoms with van der Waals surface area (Å²) < 4.78 is 87.7. The number of aromatic nitrogens is 1. The molecule has 6 aliphatic rings. The van der Waals surface area contributed by atoms with Gasteiger partial charge in [-0.3, -0.25) is 0 Å². The number of para-hydroxylation sites is 5. The first kappa shape index (κ1) is 64.0. The maximum absolute atomic E-state index is 10.1. The van der Waals surface area contributed by atoms with Gasteiger partial charge in [-0.15, -0.1) is 0 Å². The van der Waals surface area contributed by atoms with Gasteiger partial charge < -0.3 is 24.0 Å². The molecule has 584 valence electrons. The first-order valence-corrected chi connectivity index (χ1v) is 43.0. The van der Waals surface area contributed by atoms with Crippen molar-refractivity contribution in [2.75, 3.05) is 14.7 Å². The Morgan fingerprint density at radius 2 is 0.677 bits per heavy atom. The summed E-state index contributed by atoms with van der Waals surface area (Å²) in [6.45, 7) is 12.7.